The largest absolute Gasteiger partial charge is 0.341 e. The van der Waals surface area contributed by atoms with Gasteiger partial charge >= 0.3 is 0 Å². The lowest BCUT2D eigenvalue weighted by atomic mass is 10.0. The van der Waals surface area contributed by atoms with E-state index in [9.17, 15) is 4.79 Å². The molecule has 1 aliphatic rings. The van der Waals surface area contributed by atoms with Crippen LogP contribution in [0, 0.1) is 0 Å². The SMILES string of the molecule is CCCCCCCCN1CCCC(NC(C)C)C1=O. The summed E-state index contributed by atoms with van der Waals surface area (Å²) in [5, 5.41) is 3.39. The van der Waals surface area contributed by atoms with Crippen molar-refractivity contribution in [2.45, 2.75) is 84.2 Å². The van der Waals surface area contributed by atoms with Gasteiger partial charge < -0.3 is 10.2 Å². The Morgan fingerprint density at radius 1 is 1.21 bits per heavy atom. The van der Waals surface area contributed by atoms with Gasteiger partial charge in [-0.15, -0.1) is 0 Å². The Morgan fingerprint density at radius 3 is 2.58 bits per heavy atom. The minimum atomic E-state index is 0.0637. The predicted molar refractivity (Wildman–Crippen MR) is 81.2 cm³/mol. The van der Waals surface area contributed by atoms with Gasteiger partial charge in [0.15, 0.2) is 0 Å². The van der Waals surface area contributed by atoms with Crippen LogP contribution in [0.1, 0.15) is 72.1 Å². The van der Waals surface area contributed by atoms with Gasteiger partial charge in [-0.2, -0.15) is 0 Å². The molecule has 0 saturated carbocycles. The first-order valence-corrected chi connectivity index (χ1v) is 8.20. The van der Waals surface area contributed by atoms with Crippen molar-refractivity contribution < 1.29 is 4.79 Å². The first-order chi connectivity index (χ1) is 9.15. The standard InChI is InChI=1S/C16H32N2O/c1-4-5-6-7-8-9-12-18-13-10-11-15(16(18)19)17-14(2)3/h14-15,17H,4-13H2,1-3H3. The molecule has 3 nitrogen and oxygen atoms in total. The van der Waals surface area contributed by atoms with E-state index < -0.39 is 0 Å². The smallest absolute Gasteiger partial charge is 0.239 e. The fourth-order valence-corrected chi connectivity index (χ4v) is 2.80. The molecule has 1 rings (SSSR count). The highest BCUT2D eigenvalue weighted by Gasteiger charge is 2.28. The number of carbonyl (C=O) groups is 1. The highest BCUT2D eigenvalue weighted by atomic mass is 16.2. The molecule has 1 aliphatic heterocycles. The Morgan fingerprint density at radius 2 is 1.89 bits per heavy atom. The van der Waals surface area contributed by atoms with Gasteiger partial charge in [0.05, 0.1) is 6.04 Å². The third kappa shape index (κ3) is 6.42. The lowest BCUT2D eigenvalue weighted by Gasteiger charge is -2.33. The molecule has 0 bridgehead atoms. The number of rotatable bonds is 9. The van der Waals surface area contributed by atoms with Crippen molar-refractivity contribution in [2.24, 2.45) is 0 Å². The van der Waals surface area contributed by atoms with Crippen LogP contribution >= 0.6 is 0 Å². The highest BCUT2D eigenvalue weighted by molar-refractivity contribution is 5.82. The predicted octanol–water partition coefficient (Wildman–Crippen LogP) is 3.34. The van der Waals surface area contributed by atoms with Crippen LogP contribution in [0.5, 0.6) is 0 Å². The number of piperidine rings is 1. The Bertz CT molecular complexity index is 253. The van der Waals surface area contributed by atoms with Crippen LogP contribution in [-0.2, 0) is 4.79 Å². The highest BCUT2D eigenvalue weighted by Crippen LogP contribution is 2.14. The fourth-order valence-electron chi connectivity index (χ4n) is 2.80. The van der Waals surface area contributed by atoms with Crippen LogP contribution in [-0.4, -0.2) is 36.0 Å². The zero-order valence-electron chi connectivity index (χ0n) is 13.1. The number of nitrogens with zero attached hydrogens (tertiary/aromatic N) is 1. The summed E-state index contributed by atoms with van der Waals surface area (Å²) < 4.78 is 0. The molecule has 0 aromatic rings. The topological polar surface area (TPSA) is 32.3 Å². The Hall–Kier alpha value is -0.570. The normalized spacial score (nSPS) is 20.3. The number of hydrogen-bond acceptors (Lipinski definition) is 2. The first kappa shape index (κ1) is 16.5. The lowest BCUT2D eigenvalue weighted by Crippen LogP contribution is -2.52. The summed E-state index contributed by atoms with van der Waals surface area (Å²) in [5.41, 5.74) is 0. The van der Waals surface area contributed by atoms with Crippen LogP contribution in [0.2, 0.25) is 0 Å². The summed E-state index contributed by atoms with van der Waals surface area (Å²) in [6.45, 7) is 8.39. The maximum atomic E-state index is 12.3. The van der Waals surface area contributed by atoms with Gasteiger partial charge in [0.1, 0.15) is 0 Å². The molecule has 0 spiro atoms. The monoisotopic (exact) mass is 268 g/mol. The molecule has 19 heavy (non-hydrogen) atoms. The molecule has 112 valence electrons. The van der Waals surface area contributed by atoms with Crippen LogP contribution in [0.4, 0.5) is 0 Å². The fraction of sp³-hybridized carbons (Fsp3) is 0.938. The average molecular weight is 268 g/mol. The van der Waals surface area contributed by atoms with Crippen molar-refractivity contribution >= 4 is 5.91 Å². The summed E-state index contributed by atoms with van der Waals surface area (Å²) in [6.07, 6.45) is 9.91. The van der Waals surface area contributed by atoms with E-state index in [1.807, 2.05) is 0 Å². The zero-order valence-corrected chi connectivity index (χ0v) is 13.1. The van der Waals surface area contributed by atoms with E-state index >= 15 is 0 Å². The molecule has 1 heterocycles. The van der Waals surface area contributed by atoms with Gasteiger partial charge in [0.2, 0.25) is 5.91 Å². The van der Waals surface area contributed by atoms with Crippen molar-refractivity contribution in [2.75, 3.05) is 13.1 Å². The second kappa shape index (κ2) is 9.35. The third-order valence-electron chi connectivity index (χ3n) is 3.85. The maximum absolute atomic E-state index is 12.3. The summed E-state index contributed by atoms with van der Waals surface area (Å²) in [4.78, 5) is 14.4. The van der Waals surface area contributed by atoms with Gasteiger partial charge in [-0.1, -0.05) is 52.9 Å². The molecule has 0 radical (unpaired) electrons. The van der Waals surface area contributed by atoms with Crippen LogP contribution in [0.25, 0.3) is 0 Å². The van der Waals surface area contributed by atoms with Crippen molar-refractivity contribution in [3.05, 3.63) is 0 Å². The van der Waals surface area contributed by atoms with Crippen LogP contribution in [0.15, 0.2) is 0 Å². The van der Waals surface area contributed by atoms with Gasteiger partial charge in [-0.05, 0) is 19.3 Å². The van der Waals surface area contributed by atoms with Crippen LogP contribution in [0.3, 0.4) is 0 Å². The molecule has 3 heteroatoms. The molecule has 1 amide bonds. The second-order valence-corrected chi connectivity index (χ2v) is 6.11. The molecule has 0 aromatic carbocycles. The second-order valence-electron chi connectivity index (χ2n) is 6.11. The zero-order chi connectivity index (χ0) is 14.1. The Labute approximate surface area is 119 Å². The number of amides is 1. The van der Waals surface area contributed by atoms with Crippen molar-refractivity contribution in [3.63, 3.8) is 0 Å². The number of hydrogen-bond donors (Lipinski definition) is 1. The summed E-state index contributed by atoms with van der Waals surface area (Å²) in [5.74, 6) is 0.327. The Balaban J connectivity index is 2.19. The Kier molecular flexibility index (Phi) is 8.11. The molecular weight excluding hydrogens is 236 g/mol. The van der Waals surface area contributed by atoms with Gasteiger partial charge in [-0.25, -0.2) is 0 Å². The summed E-state index contributed by atoms with van der Waals surface area (Å²) in [7, 11) is 0. The molecule has 1 fully saturated rings. The minimum absolute atomic E-state index is 0.0637. The molecule has 1 N–H and O–H groups in total. The molecule has 1 saturated heterocycles. The number of carbonyl (C=O) groups excluding carboxylic acids is 1. The number of unbranched alkanes of at least 4 members (excludes halogenated alkanes) is 5. The maximum Gasteiger partial charge on any atom is 0.239 e. The van der Waals surface area contributed by atoms with E-state index in [-0.39, 0.29) is 6.04 Å². The molecule has 0 aliphatic carbocycles. The van der Waals surface area contributed by atoms with E-state index in [1.54, 1.807) is 0 Å². The molecule has 0 aromatic heterocycles. The quantitative estimate of drug-likeness (QED) is 0.651. The van der Waals surface area contributed by atoms with Gasteiger partial charge in [0, 0.05) is 19.1 Å². The first-order valence-electron chi connectivity index (χ1n) is 8.20. The summed E-state index contributed by atoms with van der Waals surface area (Å²) >= 11 is 0. The summed E-state index contributed by atoms with van der Waals surface area (Å²) in [6, 6.07) is 0.455. The van der Waals surface area contributed by atoms with Crippen LogP contribution < -0.4 is 5.32 Å². The minimum Gasteiger partial charge on any atom is -0.341 e. The molecule has 1 atom stereocenters. The average Bonchev–Trinajstić information content (AvgIpc) is 2.37. The van der Waals surface area contributed by atoms with E-state index in [1.165, 1.54) is 38.5 Å². The van der Waals surface area contributed by atoms with Gasteiger partial charge in [-0.3, -0.25) is 4.79 Å². The molecule has 1 unspecified atom stereocenters. The lowest BCUT2D eigenvalue weighted by molar-refractivity contribution is -0.136. The van der Waals surface area contributed by atoms with E-state index in [0.29, 0.717) is 11.9 Å². The number of nitrogens with one attached hydrogen (secondary N) is 1. The van der Waals surface area contributed by atoms with Gasteiger partial charge in [0.25, 0.3) is 0 Å². The molecular formula is C16H32N2O. The van der Waals surface area contributed by atoms with E-state index in [0.717, 1.165) is 25.9 Å². The van der Waals surface area contributed by atoms with Crippen molar-refractivity contribution in [1.29, 1.82) is 0 Å². The third-order valence-corrected chi connectivity index (χ3v) is 3.85. The van der Waals surface area contributed by atoms with E-state index in [4.69, 9.17) is 0 Å². The van der Waals surface area contributed by atoms with Crippen molar-refractivity contribution in [1.82, 2.24) is 10.2 Å². The number of likely N-dealkylation sites (tertiary alicyclic amines) is 1. The van der Waals surface area contributed by atoms with E-state index in [2.05, 4.69) is 31.0 Å². The van der Waals surface area contributed by atoms with Crippen molar-refractivity contribution in [3.8, 4) is 0 Å².